The molecule has 1 aliphatic heterocycles. The van der Waals surface area contributed by atoms with Gasteiger partial charge in [-0.25, -0.2) is 0 Å². The quantitative estimate of drug-likeness (QED) is 0.882. The number of rotatable bonds is 3. The molecule has 0 aromatic heterocycles. The van der Waals surface area contributed by atoms with Crippen molar-refractivity contribution in [2.75, 3.05) is 27.2 Å². The van der Waals surface area contributed by atoms with Crippen LogP contribution in [0.3, 0.4) is 0 Å². The molecular weight excluding hydrogens is 224 g/mol. The molecule has 2 aliphatic rings. The third kappa shape index (κ3) is 2.02. The van der Waals surface area contributed by atoms with Gasteiger partial charge in [-0.1, -0.05) is 6.07 Å². The number of hydrogen-bond donors (Lipinski definition) is 1. The minimum absolute atomic E-state index is 0.566. The summed E-state index contributed by atoms with van der Waals surface area (Å²) in [5.41, 5.74) is 2.99. The van der Waals surface area contributed by atoms with Gasteiger partial charge in [0.05, 0.1) is 7.11 Å². The van der Waals surface area contributed by atoms with Crippen LogP contribution in [0.5, 0.6) is 5.75 Å². The maximum absolute atomic E-state index is 5.38. The minimum Gasteiger partial charge on any atom is -0.497 e. The highest BCUT2D eigenvalue weighted by atomic mass is 16.5. The molecule has 0 bridgehead atoms. The molecule has 3 rings (SSSR count). The Labute approximate surface area is 109 Å². The molecule has 1 heterocycles. The normalized spacial score (nSPS) is 23.6. The van der Waals surface area contributed by atoms with Crippen molar-refractivity contribution in [3.8, 4) is 5.75 Å². The van der Waals surface area contributed by atoms with Crippen molar-refractivity contribution in [3.05, 3.63) is 29.3 Å². The van der Waals surface area contributed by atoms with E-state index in [1.165, 1.54) is 30.4 Å². The first-order valence-corrected chi connectivity index (χ1v) is 6.89. The number of benzene rings is 1. The van der Waals surface area contributed by atoms with E-state index in [2.05, 4.69) is 35.5 Å². The van der Waals surface area contributed by atoms with Crippen molar-refractivity contribution in [1.29, 1.82) is 0 Å². The molecule has 1 atom stereocenters. The van der Waals surface area contributed by atoms with Gasteiger partial charge in [-0.05, 0) is 49.6 Å². The number of fused-ring (bicyclic) bond motifs is 1. The lowest BCUT2D eigenvalue weighted by atomic mass is 9.86. The zero-order valence-electron chi connectivity index (χ0n) is 11.3. The highest BCUT2D eigenvalue weighted by Crippen LogP contribution is 2.36. The van der Waals surface area contributed by atoms with Gasteiger partial charge in [-0.3, -0.25) is 4.90 Å². The van der Waals surface area contributed by atoms with Crippen LogP contribution in [0.1, 0.15) is 30.0 Å². The molecular formula is C15H22N2O. The molecule has 3 nitrogen and oxygen atoms in total. The Kier molecular flexibility index (Phi) is 3.27. The molecule has 98 valence electrons. The van der Waals surface area contributed by atoms with Gasteiger partial charge in [-0.2, -0.15) is 0 Å². The molecule has 0 spiro atoms. The second-order valence-electron chi connectivity index (χ2n) is 5.45. The van der Waals surface area contributed by atoms with Crippen LogP contribution in [0.4, 0.5) is 0 Å². The predicted molar refractivity (Wildman–Crippen MR) is 73.1 cm³/mol. The fraction of sp³-hybridized carbons (Fsp3) is 0.600. The fourth-order valence-electron chi connectivity index (χ4n) is 3.12. The standard InChI is InChI=1S/C15H22N2O/c1-17(12-9-16-10-12)15-5-3-4-11-6-7-13(18-2)8-14(11)15/h6-8,12,15-16H,3-5,9-10H2,1-2H3. The zero-order chi connectivity index (χ0) is 12.5. The summed E-state index contributed by atoms with van der Waals surface area (Å²) in [6.45, 7) is 2.26. The first-order chi connectivity index (χ1) is 8.79. The topological polar surface area (TPSA) is 24.5 Å². The summed E-state index contributed by atoms with van der Waals surface area (Å²) >= 11 is 0. The van der Waals surface area contributed by atoms with Crippen molar-refractivity contribution < 1.29 is 4.74 Å². The highest BCUT2D eigenvalue weighted by molar-refractivity contribution is 5.39. The first kappa shape index (κ1) is 12.0. The van der Waals surface area contributed by atoms with E-state index in [-0.39, 0.29) is 0 Å². The lowest BCUT2D eigenvalue weighted by molar-refractivity contribution is 0.116. The van der Waals surface area contributed by atoms with Crippen LogP contribution in [-0.2, 0) is 6.42 Å². The van der Waals surface area contributed by atoms with E-state index < -0.39 is 0 Å². The number of likely N-dealkylation sites (N-methyl/N-ethyl adjacent to an activating group) is 1. The third-order valence-corrected chi connectivity index (χ3v) is 4.46. The number of nitrogens with one attached hydrogen (secondary N) is 1. The van der Waals surface area contributed by atoms with Gasteiger partial charge < -0.3 is 10.1 Å². The van der Waals surface area contributed by atoms with Crippen molar-refractivity contribution in [2.24, 2.45) is 0 Å². The highest BCUT2D eigenvalue weighted by Gasteiger charge is 2.31. The van der Waals surface area contributed by atoms with Crippen molar-refractivity contribution in [3.63, 3.8) is 0 Å². The van der Waals surface area contributed by atoms with Gasteiger partial charge in [0, 0.05) is 25.2 Å². The Morgan fingerprint density at radius 2 is 2.17 bits per heavy atom. The molecule has 1 saturated heterocycles. The number of methoxy groups -OCH3 is 1. The monoisotopic (exact) mass is 246 g/mol. The molecule has 0 amide bonds. The molecule has 1 unspecified atom stereocenters. The molecule has 0 saturated carbocycles. The van der Waals surface area contributed by atoms with E-state index in [9.17, 15) is 0 Å². The van der Waals surface area contributed by atoms with Crippen LogP contribution < -0.4 is 10.1 Å². The molecule has 1 aliphatic carbocycles. The van der Waals surface area contributed by atoms with Crippen molar-refractivity contribution >= 4 is 0 Å². The van der Waals surface area contributed by atoms with E-state index in [1.54, 1.807) is 7.11 Å². The van der Waals surface area contributed by atoms with Gasteiger partial charge in [0.25, 0.3) is 0 Å². The zero-order valence-corrected chi connectivity index (χ0v) is 11.3. The van der Waals surface area contributed by atoms with Crippen molar-refractivity contribution in [2.45, 2.75) is 31.3 Å². The Morgan fingerprint density at radius 1 is 1.33 bits per heavy atom. The second kappa shape index (κ2) is 4.90. The number of ether oxygens (including phenoxy) is 1. The molecule has 1 aromatic carbocycles. The maximum atomic E-state index is 5.38. The Bertz CT molecular complexity index is 429. The summed E-state index contributed by atoms with van der Waals surface area (Å²) in [6.07, 6.45) is 3.79. The third-order valence-electron chi connectivity index (χ3n) is 4.46. The summed E-state index contributed by atoms with van der Waals surface area (Å²) in [5.74, 6) is 0.987. The second-order valence-corrected chi connectivity index (χ2v) is 5.45. The SMILES string of the molecule is COc1ccc2c(c1)C(N(C)C1CNC1)CCC2. The lowest BCUT2D eigenvalue weighted by Gasteiger charge is -2.42. The van der Waals surface area contributed by atoms with Crippen LogP contribution in [0.15, 0.2) is 18.2 Å². The lowest BCUT2D eigenvalue weighted by Crippen LogP contribution is -2.56. The van der Waals surface area contributed by atoms with Crippen LogP contribution in [0, 0.1) is 0 Å². The molecule has 1 aromatic rings. The molecule has 3 heteroatoms. The Balaban J connectivity index is 1.89. The average Bonchev–Trinajstić information content (AvgIpc) is 2.35. The van der Waals surface area contributed by atoms with Gasteiger partial charge in [-0.15, -0.1) is 0 Å². The van der Waals surface area contributed by atoms with E-state index in [0.717, 1.165) is 18.8 Å². The van der Waals surface area contributed by atoms with E-state index in [4.69, 9.17) is 4.74 Å². The summed E-state index contributed by atoms with van der Waals surface area (Å²) in [4.78, 5) is 2.55. The Hall–Kier alpha value is -1.06. The maximum Gasteiger partial charge on any atom is 0.119 e. The molecule has 0 radical (unpaired) electrons. The van der Waals surface area contributed by atoms with Gasteiger partial charge in [0.15, 0.2) is 0 Å². The molecule has 18 heavy (non-hydrogen) atoms. The summed E-state index contributed by atoms with van der Waals surface area (Å²) < 4.78 is 5.38. The number of nitrogens with zero attached hydrogens (tertiary/aromatic N) is 1. The fourth-order valence-corrected chi connectivity index (χ4v) is 3.12. The molecule has 1 N–H and O–H groups in total. The first-order valence-electron chi connectivity index (χ1n) is 6.89. The summed E-state index contributed by atoms with van der Waals surface area (Å²) in [7, 11) is 4.02. The van der Waals surface area contributed by atoms with Crippen LogP contribution in [0.25, 0.3) is 0 Å². The number of hydrogen-bond acceptors (Lipinski definition) is 3. The van der Waals surface area contributed by atoms with Gasteiger partial charge in [0.1, 0.15) is 5.75 Å². The summed E-state index contributed by atoms with van der Waals surface area (Å²) in [5, 5.41) is 3.36. The van der Waals surface area contributed by atoms with Crippen LogP contribution >= 0.6 is 0 Å². The summed E-state index contributed by atoms with van der Waals surface area (Å²) in [6, 6.07) is 7.84. The van der Waals surface area contributed by atoms with Crippen molar-refractivity contribution in [1.82, 2.24) is 10.2 Å². The van der Waals surface area contributed by atoms with Gasteiger partial charge in [0.2, 0.25) is 0 Å². The van der Waals surface area contributed by atoms with E-state index in [0.29, 0.717) is 12.1 Å². The number of aryl methyl sites for hydroxylation is 1. The minimum atomic E-state index is 0.566. The van der Waals surface area contributed by atoms with Crippen LogP contribution in [-0.4, -0.2) is 38.2 Å². The molecule has 1 fully saturated rings. The predicted octanol–water partition coefficient (Wildman–Crippen LogP) is 1.98. The Morgan fingerprint density at radius 3 is 2.83 bits per heavy atom. The largest absolute Gasteiger partial charge is 0.497 e. The van der Waals surface area contributed by atoms with E-state index in [1.807, 2.05) is 0 Å². The smallest absolute Gasteiger partial charge is 0.119 e. The van der Waals surface area contributed by atoms with Crippen LogP contribution in [0.2, 0.25) is 0 Å². The average molecular weight is 246 g/mol. The van der Waals surface area contributed by atoms with E-state index >= 15 is 0 Å². The van der Waals surface area contributed by atoms with Gasteiger partial charge >= 0.3 is 0 Å².